The van der Waals surface area contributed by atoms with E-state index in [0.29, 0.717) is 11.5 Å². The monoisotopic (exact) mass is 504 g/mol. The largest absolute Gasteiger partial charge is 0.337 e. The number of para-hydroxylation sites is 1. The standard InChI is InChI=1S/C29H25FN8/c30-22-12-18(17-38-9-7-31-8-10-38)11-20(13-22)23-4-1-5-25-26(23)35-29(34-25)27-24-14-21(16-33-28(24)37-36-27)19-3-2-6-32-15-19/h1-6,11-16,31H,7-10,17H2,(H,34,35)(H,33,36,37). The summed E-state index contributed by atoms with van der Waals surface area (Å²) in [5.41, 5.74) is 7.58. The van der Waals surface area contributed by atoms with Crippen molar-refractivity contribution in [2.45, 2.75) is 6.54 Å². The van der Waals surface area contributed by atoms with Crippen LogP contribution in [0.25, 0.3) is 55.8 Å². The van der Waals surface area contributed by atoms with Crippen molar-refractivity contribution in [3.8, 4) is 33.8 Å². The van der Waals surface area contributed by atoms with Crippen molar-refractivity contribution in [1.29, 1.82) is 0 Å². The van der Waals surface area contributed by atoms with Gasteiger partial charge in [0.1, 0.15) is 11.5 Å². The number of nitrogens with zero attached hydrogens (tertiary/aromatic N) is 5. The lowest BCUT2D eigenvalue weighted by molar-refractivity contribution is 0.233. The second-order valence-corrected chi connectivity index (χ2v) is 9.60. The van der Waals surface area contributed by atoms with Crippen molar-refractivity contribution in [2.75, 3.05) is 26.2 Å². The average Bonchev–Trinajstić information content (AvgIpc) is 3.57. The third-order valence-electron chi connectivity index (χ3n) is 7.04. The predicted molar refractivity (Wildman–Crippen MR) is 146 cm³/mol. The lowest BCUT2D eigenvalue weighted by Gasteiger charge is -2.27. The fraction of sp³-hybridized carbons (Fsp3) is 0.172. The number of fused-ring (bicyclic) bond motifs is 2. The van der Waals surface area contributed by atoms with Gasteiger partial charge in [0.05, 0.1) is 16.4 Å². The number of halogens is 1. The molecule has 1 fully saturated rings. The minimum absolute atomic E-state index is 0.242. The van der Waals surface area contributed by atoms with Crippen molar-refractivity contribution in [2.24, 2.45) is 0 Å². The second kappa shape index (κ2) is 9.44. The van der Waals surface area contributed by atoms with Crippen LogP contribution < -0.4 is 5.32 Å². The van der Waals surface area contributed by atoms with Crippen LogP contribution in [-0.2, 0) is 6.54 Å². The molecule has 2 aromatic carbocycles. The van der Waals surface area contributed by atoms with Gasteiger partial charge < -0.3 is 10.3 Å². The summed E-state index contributed by atoms with van der Waals surface area (Å²) in [5.74, 6) is 0.409. The highest BCUT2D eigenvalue weighted by molar-refractivity contribution is 5.97. The van der Waals surface area contributed by atoms with Crippen LogP contribution in [0.4, 0.5) is 4.39 Å². The molecule has 1 aliphatic rings. The number of nitrogens with one attached hydrogen (secondary N) is 3. The predicted octanol–water partition coefficient (Wildman–Crippen LogP) is 4.77. The van der Waals surface area contributed by atoms with E-state index in [2.05, 4.69) is 41.4 Å². The lowest BCUT2D eigenvalue weighted by Crippen LogP contribution is -2.42. The van der Waals surface area contributed by atoms with Gasteiger partial charge in [0.2, 0.25) is 0 Å². The van der Waals surface area contributed by atoms with Crippen LogP contribution in [-0.4, -0.2) is 61.2 Å². The molecule has 0 saturated carbocycles. The molecule has 38 heavy (non-hydrogen) atoms. The van der Waals surface area contributed by atoms with Crippen molar-refractivity contribution in [3.05, 3.63) is 84.6 Å². The summed E-state index contributed by atoms with van der Waals surface area (Å²) in [6.07, 6.45) is 5.35. The molecule has 0 spiro atoms. The number of rotatable bonds is 5. The number of imidazole rings is 1. The molecule has 4 aromatic heterocycles. The van der Waals surface area contributed by atoms with E-state index in [1.54, 1.807) is 24.5 Å². The zero-order chi connectivity index (χ0) is 25.5. The van der Waals surface area contributed by atoms with Crippen LogP contribution >= 0.6 is 0 Å². The maximum Gasteiger partial charge on any atom is 0.181 e. The number of hydrogen-bond donors (Lipinski definition) is 3. The molecule has 0 bridgehead atoms. The highest BCUT2D eigenvalue weighted by Crippen LogP contribution is 2.33. The Kier molecular flexibility index (Phi) is 5.64. The first kappa shape index (κ1) is 22.7. The summed E-state index contributed by atoms with van der Waals surface area (Å²) in [7, 11) is 0. The third-order valence-corrected chi connectivity index (χ3v) is 7.04. The molecule has 1 aliphatic heterocycles. The summed E-state index contributed by atoms with van der Waals surface area (Å²) >= 11 is 0. The van der Waals surface area contributed by atoms with Gasteiger partial charge in [0, 0.05) is 68.0 Å². The Morgan fingerprint density at radius 1 is 0.921 bits per heavy atom. The normalized spacial score (nSPS) is 14.4. The van der Waals surface area contributed by atoms with Gasteiger partial charge in [0.15, 0.2) is 11.5 Å². The van der Waals surface area contributed by atoms with Gasteiger partial charge in [-0.05, 0) is 47.5 Å². The minimum atomic E-state index is -0.242. The molecule has 0 unspecified atom stereocenters. The van der Waals surface area contributed by atoms with Crippen LogP contribution in [0.2, 0.25) is 0 Å². The number of piperazine rings is 1. The molecule has 3 N–H and O–H groups in total. The molecule has 0 amide bonds. The highest BCUT2D eigenvalue weighted by atomic mass is 19.1. The van der Waals surface area contributed by atoms with E-state index in [4.69, 9.17) is 4.98 Å². The topological polar surface area (TPSA) is 98.4 Å². The van der Waals surface area contributed by atoms with Crippen molar-refractivity contribution < 1.29 is 4.39 Å². The Hall–Kier alpha value is -4.47. The number of benzene rings is 2. The molecule has 8 nitrogen and oxygen atoms in total. The van der Waals surface area contributed by atoms with E-state index in [1.807, 2.05) is 42.6 Å². The van der Waals surface area contributed by atoms with Crippen LogP contribution in [0, 0.1) is 5.82 Å². The van der Waals surface area contributed by atoms with Crippen LogP contribution in [0.1, 0.15) is 5.56 Å². The second-order valence-electron chi connectivity index (χ2n) is 9.60. The molecule has 5 heterocycles. The van der Waals surface area contributed by atoms with E-state index in [1.165, 1.54) is 0 Å². The van der Waals surface area contributed by atoms with Gasteiger partial charge in [-0.2, -0.15) is 5.10 Å². The molecule has 0 atom stereocenters. The Balaban J connectivity index is 1.29. The Morgan fingerprint density at radius 2 is 1.84 bits per heavy atom. The summed E-state index contributed by atoms with van der Waals surface area (Å²) in [6.45, 7) is 4.55. The molecule has 0 radical (unpaired) electrons. The van der Waals surface area contributed by atoms with Gasteiger partial charge >= 0.3 is 0 Å². The summed E-state index contributed by atoms with van der Waals surface area (Å²) in [6, 6.07) is 17.2. The Bertz CT molecular complexity index is 1750. The number of aromatic amines is 2. The first-order chi connectivity index (χ1) is 18.7. The number of pyridine rings is 2. The Morgan fingerprint density at radius 3 is 2.71 bits per heavy atom. The summed E-state index contributed by atoms with van der Waals surface area (Å²) in [4.78, 5) is 19.5. The zero-order valence-electron chi connectivity index (χ0n) is 20.6. The van der Waals surface area contributed by atoms with Crippen LogP contribution in [0.3, 0.4) is 0 Å². The maximum absolute atomic E-state index is 14.8. The Labute approximate surface area is 218 Å². The van der Waals surface area contributed by atoms with Crippen molar-refractivity contribution in [3.63, 3.8) is 0 Å². The molecule has 1 saturated heterocycles. The summed E-state index contributed by atoms with van der Waals surface area (Å²) < 4.78 is 14.8. The van der Waals surface area contributed by atoms with Gasteiger partial charge in [-0.15, -0.1) is 0 Å². The van der Waals surface area contributed by atoms with E-state index in [0.717, 1.165) is 82.7 Å². The quantitative estimate of drug-likeness (QED) is 0.313. The van der Waals surface area contributed by atoms with Crippen molar-refractivity contribution in [1.82, 2.24) is 40.3 Å². The molecule has 188 valence electrons. The lowest BCUT2D eigenvalue weighted by atomic mass is 10.0. The number of aromatic nitrogens is 6. The van der Waals surface area contributed by atoms with E-state index < -0.39 is 0 Å². The van der Waals surface area contributed by atoms with E-state index in [-0.39, 0.29) is 5.82 Å². The van der Waals surface area contributed by atoms with E-state index >= 15 is 0 Å². The number of H-pyrrole nitrogens is 2. The molecular weight excluding hydrogens is 479 g/mol. The first-order valence-corrected chi connectivity index (χ1v) is 12.7. The van der Waals surface area contributed by atoms with Gasteiger partial charge in [-0.25, -0.2) is 14.4 Å². The SMILES string of the molecule is Fc1cc(CN2CCNCC2)cc(-c2cccc3[nH]c(-c4[nH]nc5ncc(-c6cccnc6)cc45)nc23)c1. The van der Waals surface area contributed by atoms with Crippen molar-refractivity contribution >= 4 is 22.1 Å². The highest BCUT2D eigenvalue weighted by Gasteiger charge is 2.17. The average molecular weight is 505 g/mol. The van der Waals surface area contributed by atoms with Crippen LogP contribution in [0.15, 0.2) is 73.2 Å². The fourth-order valence-electron chi connectivity index (χ4n) is 5.18. The van der Waals surface area contributed by atoms with Gasteiger partial charge in [0.25, 0.3) is 0 Å². The number of hydrogen-bond acceptors (Lipinski definition) is 6. The molecular formula is C29H25FN8. The summed E-state index contributed by atoms with van der Waals surface area (Å²) in [5, 5.41) is 11.7. The zero-order valence-corrected chi connectivity index (χ0v) is 20.6. The maximum atomic E-state index is 14.8. The molecule has 9 heteroatoms. The third kappa shape index (κ3) is 4.21. The van der Waals surface area contributed by atoms with Gasteiger partial charge in [-0.1, -0.05) is 18.2 Å². The molecule has 0 aliphatic carbocycles. The van der Waals surface area contributed by atoms with Gasteiger partial charge in [-0.3, -0.25) is 15.0 Å². The fourth-order valence-corrected chi connectivity index (χ4v) is 5.18. The van der Waals surface area contributed by atoms with E-state index in [9.17, 15) is 4.39 Å². The first-order valence-electron chi connectivity index (χ1n) is 12.7. The molecule has 7 rings (SSSR count). The smallest absolute Gasteiger partial charge is 0.181 e. The minimum Gasteiger partial charge on any atom is -0.337 e. The van der Waals surface area contributed by atoms with Crippen LogP contribution in [0.5, 0.6) is 0 Å². The molecule has 6 aromatic rings.